The fourth-order valence-corrected chi connectivity index (χ4v) is 3.15. The first-order chi connectivity index (χ1) is 14.1. The highest BCUT2D eigenvalue weighted by atomic mass is 32.2. The molecule has 2 rings (SSSR count). The van der Waals surface area contributed by atoms with Gasteiger partial charge in [0.2, 0.25) is 0 Å². The zero-order valence-electron chi connectivity index (χ0n) is 16.6. The Morgan fingerprint density at radius 3 is 1.76 bits per heavy atom. The van der Waals surface area contributed by atoms with E-state index in [1.165, 1.54) is 12.1 Å². The molecule has 0 saturated carbocycles. The summed E-state index contributed by atoms with van der Waals surface area (Å²) in [6, 6.07) is 16.1. The predicted molar refractivity (Wildman–Crippen MR) is 109 cm³/mol. The van der Waals surface area contributed by atoms with E-state index in [0.29, 0.717) is 39.6 Å². The zero-order valence-corrected chi connectivity index (χ0v) is 17.4. The standard InChI is InChI=1S/C21H28O7S/c1-19-7-9-21(10-8-19)29(22,23)28-18-16-26-14-12-24-11-13-25-15-17-27-20-5-3-2-4-6-20/h2-10H,11-18H2,1H3. The van der Waals surface area contributed by atoms with Crippen LogP contribution in [-0.2, 0) is 28.5 Å². The van der Waals surface area contributed by atoms with Crippen molar-refractivity contribution in [2.24, 2.45) is 0 Å². The van der Waals surface area contributed by atoms with Gasteiger partial charge in [-0.1, -0.05) is 35.9 Å². The van der Waals surface area contributed by atoms with Crippen LogP contribution in [0, 0.1) is 6.92 Å². The van der Waals surface area contributed by atoms with Crippen LogP contribution in [0.15, 0.2) is 59.5 Å². The van der Waals surface area contributed by atoms with E-state index < -0.39 is 10.1 Å². The van der Waals surface area contributed by atoms with Crippen LogP contribution >= 0.6 is 0 Å². The van der Waals surface area contributed by atoms with Gasteiger partial charge in [-0.25, -0.2) is 0 Å². The van der Waals surface area contributed by atoms with Crippen molar-refractivity contribution >= 4 is 10.1 Å². The summed E-state index contributed by atoms with van der Waals surface area (Å²) in [5.41, 5.74) is 0.984. The Kier molecular flexibility index (Phi) is 10.7. The van der Waals surface area contributed by atoms with Crippen LogP contribution in [0.5, 0.6) is 5.75 Å². The zero-order chi connectivity index (χ0) is 20.8. The number of hydrogen-bond acceptors (Lipinski definition) is 7. The first-order valence-electron chi connectivity index (χ1n) is 9.45. The number of hydrogen-bond donors (Lipinski definition) is 0. The number of para-hydroxylation sites is 1. The number of rotatable bonds is 15. The third kappa shape index (κ3) is 9.87. The molecular weight excluding hydrogens is 396 g/mol. The van der Waals surface area contributed by atoms with Gasteiger partial charge in [-0.15, -0.1) is 0 Å². The van der Waals surface area contributed by atoms with Gasteiger partial charge < -0.3 is 18.9 Å². The maximum absolute atomic E-state index is 12.0. The second kappa shape index (κ2) is 13.3. The maximum atomic E-state index is 12.0. The number of ether oxygens (including phenoxy) is 4. The van der Waals surface area contributed by atoms with E-state index in [-0.39, 0.29) is 18.1 Å². The van der Waals surface area contributed by atoms with E-state index in [4.69, 9.17) is 23.1 Å². The molecule has 2 aromatic carbocycles. The topological polar surface area (TPSA) is 80.3 Å². The molecule has 0 aliphatic heterocycles. The second-order valence-corrected chi connectivity index (χ2v) is 7.70. The highest BCUT2D eigenvalue weighted by Gasteiger charge is 2.14. The quantitative estimate of drug-likeness (QED) is 0.321. The Morgan fingerprint density at radius 2 is 1.17 bits per heavy atom. The van der Waals surface area contributed by atoms with Gasteiger partial charge in [0, 0.05) is 0 Å². The average molecular weight is 425 g/mol. The van der Waals surface area contributed by atoms with Gasteiger partial charge in [0.25, 0.3) is 10.1 Å². The highest BCUT2D eigenvalue weighted by molar-refractivity contribution is 7.86. The molecule has 0 spiro atoms. The molecule has 0 saturated heterocycles. The maximum Gasteiger partial charge on any atom is 0.297 e. The lowest BCUT2D eigenvalue weighted by atomic mass is 10.2. The Hall–Kier alpha value is -1.97. The molecule has 0 atom stereocenters. The Bertz CT molecular complexity index is 776. The fraction of sp³-hybridized carbons (Fsp3) is 0.429. The van der Waals surface area contributed by atoms with Gasteiger partial charge in [0.15, 0.2) is 0 Å². The smallest absolute Gasteiger partial charge is 0.297 e. The van der Waals surface area contributed by atoms with E-state index >= 15 is 0 Å². The summed E-state index contributed by atoms with van der Waals surface area (Å²) in [6.45, 7) is 4.66. The largest absolute Gasteiger partial charge is 0.491 e. The summed E-state index contributed by atoms with van der Waals surface area (Å²) >= 11 is 0. The third-order valence-electron chi connectivity index (χ3n) is 3.76. The second-order valence-electron chi connectivity index (χ2n) is 6.09. The molecule has 0 aliphatic carbocycles. The summed E-state index contributed by atoms with van der Waals surface area (Å²) in [7, 11) is -3.75. The Morgan fingerprint density at radius 1 is 0.655 bits per heavy atom. The summed E-state index contributed by atoms with van der Waals surface area (Å²) < 4.78 is 50.5. The van der Waals surface area contributed by atoms with Gasteiger partial charge in [0.1, 0.15) is 12.4 Å². The van der Waals surface area contributed by atoms with Crippen LogP contribution in [-0.4, -0.2) is 61.3 Å². The highest BCUT2D eigenvalue weighted by Crippen LogP contribution is 2.13. The normalized spacial score (nSPS) is 11.5. The molecule has 0 fully saturated rings. The molecule has 0 bridgehead atoms. The first-order valence-corrected chi connectivity index (χ1v) is 10.9. The lowest BCUT2D eigenvalue weighted by molar-refractivity contribution is 0.00528. The van der Waals surface area contributed by atoms with Crippen LogP contribution < -0.4 is 4.74 Å². The van der Waals surface area contributed by atoms with Crippen LogP contribution in [0.4, 0.5) is 0 Å². The van der Waals surface area contributed by atoms with Crippen LogP contribution in [0.1, 0.15) is 5.56 Å². The van der Waals surface area contributed by atoms with Crippen molar-refractivity contribution in [2.45, 2.75) is 11.8 Å². The molecule has 0 unspecified atom stereocenters. The molecule has 0 aliphatic rings. The molecule has 29 heavy (non-hydrogen) atoms. The summed E-state index contributed by atoms with van der Waals surface area (Å²) in [5, 5.41) is 0. The molecule has 0 amide bonds. The van der Waals surface area contributed by atoms with Crippen molar-refractivity contribution < 1.29 is 31.5 Å². The van der Waals surface area contributed by atoms with Crippen molar-refractivity contribution in [3.63, 3.8) is 0 Å². The molecule has 0 radical (unpaired) electrons. The van der Waals surface area contributed by atoms with Crippen molar-refractivity contribution in [1.29, 1.82) is 0 Å². The Balaban J connectivity index is 1.39. The van der Waals surface area contributed by atoms with Gasteiger partial charge in [-0.3, -0.25) is 4.18 Å². The molecule has 0 N–H and O–H groups in total. The average Bonchev–Trinajstić information content (AvgIpc) is 2.72. The lowest BCUT2D eigenvalue weighted by Gasteiger charge is -2.08. The van der Waals surface area contributed by atoms with Crippen LogP contribution in [0.2, 0.25) is 0 Å². The summed E-state index contributed by atoms with van der Waals surface area (Å²) in [6.07, 6.45) is 0. The van der Waals surface area contributed by atoms with E-state index in [0.717, 1.165) is 11.3 Å². The van der Waals surface area contributed by atoms with Crippen LogP contribution in [0.25, 0.3) is 0 Å². The summed E-state index contributed by atoms with van der Waals surface area (Å²) in [4.78, 5) is 0.139. The molecule has 2 aromatic rings. The van der Waals surface area contributed by atoms with Crippen molar-refractivity contribution in [1.82, 2.24) is 0 Å². The van der Waals surface area contributed by atoms with Gasteiger partial charge in [-0.05, 0) is 31.2 Å². The van der Waals surface area contributed by atoms with Crippen molar-refractivity contribution in [3.05, 3.63) is 60.2 Å². The summed E-state index contributed by atoms with van der Waals surface area (Å²) in [5.74, 6) is 0.820. The minimum absolute atomic E-state index is 0.0409. The van der Waals surface area contributed by atoms with Crippen LogP contribution in [0.3, 0.4) is 0 Å². The van der Waals surface area contributed by atoms with E-state index in [2.05, 4.69) is 0 Å². The first kappa shape index (κ1) is 23.3. The van der Waals surface area contributed by atoms with Gasteiger partial charge in [-0.2, -0.15) is 8.42 Å². The SMILES string of the molecule is Cc1ccc(S(=O)(=O)OCCOCCOCCOCCOc2ccccc2)cc1. The molecule has 160 valence electrons. The molecule has 0 aromatic heterocycles. The molecule has 7 nitrogen and oxygen atoms in total. The van der Waals surface area contributed by atoms with E-state index in [1.54, 1.807) is 12.1 Å². The third-order valence-corrected chi connectivity index (χ3v) is 5.09. The fourth-order valence-electron chi connectivity index (χ4n) is 2.25. The number of aryl methyl sites for hydroxylation is 1. The van der Waals surface area contributed by atoms with Gasteiger partial charge >= 0.3 is 0 Å². The number of benzene rings is 2. The molecule has 0 heterocycles. The monoisotopic (exact) mass is 424 g/mol. The van der Waals surface area contributed by atoms with Crippen molar-refractivity contribution in [3.8, 4) is 5.75 Å². The predicted octanol–water partition coefficient (Wildman–Crippen LogP) is 2.83. The van der Waals surface area contributed by atoms with E-state index in [1.807, 2.05) is 37.3 Å². The molecular formula is C21H28O7S. The van der Waals surface area contributed by atoms with Gasteiger partial charge in [0.05, 0.1) is 51.1 Å². The Labute approximate surface area is 172 Å². The molecule has 8 heteroatoms. The van der Waals surface area contributed by atoms with E-state index in [9.17, 15) is 8.42 Å². The lowest BCUT2D eigenvalue weighted by Crippen LogP contribution is -2.15. The minimum Gasteiger partial charge on any atom is -0.491 e. The van der Waals surface area contributed by atoms with Crippen molar-refractivity contribution in [2.75, 3.05) is 52.9 Å². The minimum atomic E-state index is -3.75.